The highest BCUT2D eigenvalue weighted by Crippen LogP contribution is 2.28. The lowest BCUT2D eigenvalue weighted by Gasteiger charge is -2.30. The standard InChI is InChI=1S/C12H12BrClN2O/c13-10-7-9(1-2-11(10)14)12(8-15)16-3-5-17-6-4-16/h1-2,7,12H,3-6H2. The van der Waals surface area contributed by atoms with Crippen molar-refractivity contribution in [2.24, 2.45) is 0 Å². The van der Waals surface area contributed by atoms with Gasteiger partial charge in [0.1, 0.15) is 6.04 Å². The molecule has 90 valence electrons. The summed E-state index contributed by atoms with van der Waals surface area (Å²) in [6, 6.07) is 7.73. The van der Waals surface area contributed by atoms with Crippen LogP contribution in [0.5, 0.6) is 0 Å². The predicted octanol–water partition coefficient (Wildman–Crippen LogP) is 3.00. The van der Waals surface area contributed by atoms with Crippen LogP contribution in [0.2, 0.25) is 5.02 Å². The first kappa shape index (κ1) is 12.8. The first-order valence-corrected chi connectivity index (χ1v) is 6.56. The van der Waals surface area contributed by atoms with Gasteiger partial charge in [0.05, 0.1) is 24.3 Å². The third-order valence-electron chi connectivity index (χ3n) is 2.79. The molecule has 3 nitrogen and oxygen atoms in total. The molecule has 0 N–H and O–H groups in total. The van der Waals surface area contributed by atoms with Gasteiger partial charge in [-0.25, -0.2) is 0 Å². The molecule has 1 atom stereocenters. The molecular weight excluding hydrogens is 304 g/mol. The van der Waals surface area contributed by atoms with Crippen LogP contribution in [0.1, 0.15) is 11.6 Å². The number of nitrogens with zero attached hydrogens (tertiary/aromatic N) is 2. The molecule has 0 spiro atoms. The van der Waals surface area contributed by atoms with Gasteiger partial charge >= 0.3 is 0 Å². The van der Waals surface area contributed by atoms with Crippen molar-refractivity contribution in [3.8, 4) is 6.07 Å². The normalized spacial score (nSPS) is 18.6. The average molecular weight is 316 g/mol. The Bertz CT molecular complexity index is 441. The Kier molecular flexibility index (Phi) is 4.41. The van der Waals surface area contributed by atoms with Crippen LogP contribution in [0.15, 0.2) is 22.7 Å². The van der Waals surface area contributed by atoms with E-state index in [-0.39, 0.29) is 6.04 Å². The predicted molar refractivity (Wildman–Crippen MR) is 69.9 cm³/mol. The van der Waals surface area contributed by atoms with Crippen molar-refractivity contribution in [1.29, 1.82) is 5.26 Å². The molecule has 2 rings (SSSR count). The van der Waals surface area contributed by atoms with Crippen molar-refractivity contribution in [3.05, 3.63) is 33.3 Å². The summed E-state index contributed by atoms with van der Waals surface area (Å²) in [6.45, 7) is 2.96. The quantitative estimate of drug-likeness (QED) is 0.842. The molecule has 1 fully saturated rings. The molecule has 0 aliphatic carbocycles. The zero-order chi connectivity index (χ0) is 12.3. The molecular formula is C12H12BrClN2O. The van der Waals surface area contributed by atoms with E-state index in [0.717, 1.165) is 23.1 Å². The highest BCUT2D eigenvalue weighted by molar-refractivity contribution is 9.10. The van der Waals surface area contributed by atoms with E-state index in [1.165, 1.54) is 0 Å². The number of benzene rings is 1. The first-order valence-electron chi connectivity index (χ1n) is 5.38. The maximum Gasteiger partial charge on any atom is 0.124 e. The average Bonchev–Trinajstić information content (AvgIpc) is 2.36. The second kappa shape index (κ2) is 5.83. The van der Waals surface area contributed by atoms with E-state index < -0.39 is 0 Å². The fraction of sp³-hybridized carbons (Fsp3) is 0.417. The van der Waals surface area contributed by atoms with Crippen LogP contribution in [-0.2, 0) is 4.74 Å². The fourth-order valence-corrected chi connectivity index (χ4v) is 2.40. The summed E-state index contributed by atoms with van der Waals surface area (Å²) < 4.78 is 6.12. The molecule has 0 radical (unpaired) electrons. The topological polar surface area (TPSA) is 36.3 Å². The Morgan fingerprint density at radius 2 is 2.12 bits per heavy atom. The summed E-state index contributed by atoms with van der Waals surface area (Å²) in [5, 5.41) is 9.97. The fourth-order valence-electron chi connectivity index (χ4n) is 1.89. The van der Waals surface area contributed by atoms with Crippen LogP contribution in [-0.4, -0.2) is 31.2 Å². The SMILES string of the molecule is N#CC(c1ccc(Cl)c(Br)c1)N1CCOCC1. The lowest BCUT2D eigenvalue weighted by molar-refractivity contribution is 0.0266. The zero-order valence-electron chi connectivity index (χ0n) is 9.20. The van der Waals surface area contributed by atoms with E-state index in [9.17, 15) is 5.26 Å². The number of morpholine rings is 1. The van der Waals surface area contributed by atoms with Gasteiger partial charge in [-0.05, 0) is 33.6 Å². The van der Waals surface area contributed by atoms with Crippen LogP contribution in [0.4, 0.5) is 0 Å². The van der Waals surface area contributed by atoms with Gasteiger partial charge in [0, 0.05) is 17.6 Å². The van der Waals surface area contributed by atoms with E-state index in [2.05, 4.69) is 26.9 Å². The molecule has 1 unspecified atom stereocenters. The Balaban J connectivity index is 2.22. The number of rotatable bonds is 2. The molecule has 1 aromatic rings. The molecule has 0 saturated carbocycles. The first-order chi connectivity index (χ1) is 8.22. The summed E-state index contributed by atoms with van der Waals surface area (Å²) >= 11 is 9.33. The van der Waals surface area contributed by atoms with E-state index in [4.69, 9.17) is 16.3 Å². The van der Waals surface area contributed by atoms with Crippen molar-refractivity contribution < 1.29 is 4.74 Å². The lowest BCUT2D eigenvalue weighted by Crippen LogP contribution is -2.38. The Morgan fingerprint density at radius 1 is 1.41 bits per heavy atom. The number of hydrogen-bond donors (Lipinski definition) is 0. The van der Waals surface area contributed by atoms with Gasteiger partial charge in [0.2, 0.25) is 0 Å². The minimum atomic E-state index is -0.229. The van der Waals surface area contributed by atoms with Gasteiger partial charge < -0.3 is 4.74 Å². The molecule has 0 aromatic heterocycles. The number of hydrogen-bond acceptors (Lipinski definition) is 3. The molecule has 1 aromatic carbocycles. The lowest BCUT2D eigenvalue weighted by atomic mass is 10.1. The van der Waals surface area contributed by atoms with E-state index in [0.29, 0.717) is 18.2 Å². The Morgan fingerprint density at radius 3 is 2.71 bits per heavy atom. The van der Waals surface area contributed by atoms with E-state index >= 15 is 0 Å². The highest BCUT2D eigenvalue weighted by Gasteiger charge is 2.22. The summed E-state index contributed by atoms with van der Waals surface area (Å²) in [4.78, 5) is 2.12. The summed E-state index contributed by atoms with van der Waals surface area (Å²) in [5.74, 6) is 0. The van der Waals surface area contributed by atoms with Gasteiger partial charge in [0.15, 0.2) is 0 Å². The smallest absolute Gasteiger partial charge is 0.124 e. The van der Waals surface area contributed by atoms with Crippen LogP contribution >= 0.6 is 27.5 Å². The minimum Gasteiger partial charge on any atom is -0.379 e. The largest absolute Gasteiger partial charge is 0.379 e. The van der Waals surface area contributed by atoms with Crippen molar-refractivity contribution in [2.45, 2.75) is 6.04 Å². The summed E-state index contributed by atoms with van der Waals surface area (Å²) in [6.07, 6.45) is 0. The second-order valence-electron chi connectivity index (χ2n) is 3.85. The van der Waals surface area contributed by atoms with Gasteiger partial charge in [-0.15, -0.1) is 0 Å². The monoisotopic (exact) mass is 314 g/mol. The number of nitriles is 1. The molecule has 1 saturated heterocycles. The molecule has 0 amide bonds. The van der Waals surface area contributed by atoms with Crippen LogP contribution in [0.25, 0.3) is 0 Å². The molecule has 1 aliphatic heterocycles. The minimum absolute atomic E-state index is 0.229. The van der Waals surface area contributed by atoms with Crippen molar-refractivity contribution in [2.75, 3.05) is 26.3 Å². The summed E-state index contributed by atoms with van der Waals surface area (Å²) in [5.41, 5.74) is 0.964. The Labute approximate surface area is 114 Å². The third-order valence-corrected chi connectivity index (χ3v) is 4.01. The van der Waals surface area contributed by atoms with E-state index in [1.807, 2.05) is 18.2 Å². The van der Waals surface area contributed by atoms with Gasteiger partial charge in [-0.3, -0.25) is 4.90 Å². The van der Waals surface area contributed by atoms with Crippen molar-refractivity contribution in [1.82, 2.24) is 4.90 Å². The molecule has 5 heteroatoms. The van der Waals surface area contributed by atoms with E-state index in [1.54, 1.807) is 0 Å². The van der Waals surface area contributed by atoms with Crippen LogP contribution in [0.3, 0.4) is 0 Å². The molecule has 17 heavy (non-hydrogen) atoms. The van der Waals surface area contributed by atoms with Crippen molar-refractivity contribution in [3.63, 3.8) is 0 Å². The molecule has 1 aliphatic rings. The van der Waals surface area contributed by atoms with Crippen molar-refractivity contribution >= 4 is 27.5 Å². The number of halogens is 2. The molecule has 0 bridgehead atoms. The molecule has 1 heterocycles. The van der Waals surface area contributed by atoms with Gasteiger partial charge in [0.25, 0.3) is 0 Å². The van der Waals surface area contributed by atoms with Gasteiger partial charge in [-0.2, -0.15) is 5.26 Å². The Hall–Kier alpha value is -0.600. The maximum absolute atomic E-state index is 9.31. The van der Waals surface area contributed by atoms with Crippen LogP contribution < -0.4 is 0 Å². The zero-order valence-corrected chi connectivity index (χ0v) is 11.5. The second-order valence-corrected chi connectivity index (χ2v) is 5.12. The highest BCUT2D eigenvalue weighted by atomic mass is 79.9. The summed E-state index contributed by atoms with van der Waals surface area (Å²) in [7, 11) is 0. The van der Waals surface area contributed by atoms with Gasteiger partial charge in [-0.1, -0.05) is 17.7 Å². The number of ether oxygens (including phenoxy) is 1. The van der Waals surface area contributed by atoms with Crippen LogP contribution in [0, 0.1) is 11.3 Å². The third kappa shape index (κ3) is 2.99. The maximum atomic E-state index is 9.31.